The van der Waals surface area contributed by atoms with Gasteiger partial charge in [-0.25, -0.2) is 0 Å². The Kier molecular flexibility index (Phi) is 4.62. The third-order valence-electron chi connectivity index (χ3n) is 3.86. The van der Waals surface area contributed by atoms with Crippen LogP contribution in [0, 0.1) is 0 Å². The van der Waals surface area contributed by atoms with Crippen molar-refractivity contribution in [2.75, 3.05) is 11.4 Å². The number of hydrogen-bond donors (Lipinski definition) is 0. The van der Waals surface area contributed by atoms with Gasteiger partial charge in [-0.05, 0) is 43.4 Å². The summed E-state index contributed by atoms with van der Waals surface area (Å²) in [6.07, 6.45) is 1.74. The van der Waals surface area contributed by atoms with Gasteiger partial charge in [0.05, 0.1) is 5.69 Å². The van der Waals surface area contributed by atoms with Crippen LogP contribution in [0.25, 0.3) is 0 Å². The molecule has 0 radical (unpaired) electrons. The minimum absolute atomic E-state index is 0.0429. The first kappa shape index (κ1) is 16.2. The van der Waals surface area contributed by atoms with E-state index in [2.05, 4.69) is 6.58 Å². The Morgan fingerprint density at radius 3 is 2.58 bits per heavy atom. The number of para-hydroxylation sites is 1. The molecule has 0 aromatic heterocycles. The lowest BCUT2D eigenvalue weighted by Gasteiger charge is -2.20. The van der Waals surface area contributed by atoms with E-state index >= 15 is 0 Å². The van der Waals surface area contributed by atoms with E-state index < -0.39 is 0 Å². The van der Waals surface area contributed by atoms with Gasteiger partial charge in [-0.3, -0.25) is 9.69 Å². The van der Waals surface area contributed by atoms with Gasteiger partial charge in [0.15, 0.2) is 5.11 Å². The Balaban J connectivity index is 1.87. The van der Waals surface area contributed by atoms with Crippen LogP contribution in [0.15, 0.2) is 67.3 Å². The van der Waals surface area contributed by atoms with Gasteiger partial charge < -0.3 is 9.64 Å². The summed E-state index contributed by atoms with van der Waals surface area (Å²) in [4.78, 5) is 16.0. The maximum absolute atomic E-state index is 12.6. The van der Waals surface area contributed by atoms with Crippen LogP contribution in [0.1, 0.15) is 6.92 Å². The molecular formula is C19H18N2O2S. The van der Waals surface area contributed by atoms with Gasteiger partial charge in [-0.1, -0.05) is 30.3 Å². The molecule has 122 valence electrons. The number of anilines is 1. The van der Waals surface area contributed by atoms with Crippen LogP contribution in [0.4, 0.5) is 5.69 Å². The first-order chi connectivity index (χ1) is 11.6. The van der Waals surface area contributed by atoms with Gasteiger partial charge in [0.1, 0.15) is 17.5 Å². The Hall–Kier alpha value is -2.66. The van der Waals surface area contributed by atoms with Crippen molar-refractivity contribution in [2.24, 2.45) is 0 Å². The minimum Gasteiger partial charge on any atom is -0.457 e. The highest BCUT2D eigenvalue weighted by atomic mass is 32.1. The summed E-state index contributed by atoms with van der Waals surface area (Å²) in [6.45, 7) is 6.12. The molecule has 0 bridgehead atoms. The second kappa shape index (κ2) is 6.84. The molecule has 0 spiro atoms. The van der Waals surface area contributed by atoms with E-state index in [1.54, 1.807) is 11.0 Å². The van der Waals surface area contributed by atoms with E-state index in [4.69, 9.17) is 17.0 Å². The van der Waals surface area contributed by atoms with E-state index in [-0.39, 0.29) is 11.9 Å². The van der Waals surface area contributed by atoms with Crippen molar-refractivity contribution in [3.63, 3.8) is 0 Å². The quantitative estimate of drug-likeness (QED) is 0.610. The fraction of sp³-hybridized carbons (Fsp3) is 0.158. The van der Waals surface area contributed by atoms with Crippen LogP contribution in [-0.4, -0.2) is 28.5 Å². The van der Waals surface area contributed by atoms with E-state index in [9.17, 15) is 4.79 Å². The number of amides is 1. The summed E-state index contributed by atoms with van der Waals surface area (Å²) in [7, 11) is 0. The predicted molar refractivity (Wildman–Crippen MR) is 99.4 cm³/mol. The van der Waals surface area contributed by atoms with Gasteiger partial charge in [0.25, 0.3) is 5.91 Å². The molecular weight excluding hydrogens is 320 g/mol. The van der Waals surface area contributed by atoms with E-state index in [0.717, 1.165) is 5.75 Å². The molecule has 1 fully saturated rings. The van der Waals surface area contributed by atoms with Crippen molar-refractivity contribution in [3.05, 3.63) is 67.3 Å². The zero-order valence-corrected chi connectivity index (χ0v) is 14.2. The predicted octanol–water partition coefficient (Wildman–Crippen LogP) is 3.99. The molecule has 2 aromatic rings. The van der Waals surface area contributed by atoms with Crippen molar-refractivity contribution in [1.82, 2.24) is 4.90 Å². The molecule has 24 heavy (non-hydrogen) atoms. The lowest BCUT2D eigenvalue weighted by molar-refractivity contribution is -0.119. The second-order valence-electron chi connectivity index (χ2n) is 5.49. The lowest BCUT2D eigenvalue weighted by Crippen LogP contribution is -2.33. The third kappa shape index (κ3) is 3.03. The molecule has 1 aliphatic rings. The van der Waals surface area contributed by atoms with Crippen LogP contribution in [0.3, 0.4) is 0 Å². The Labute approximate surface area is 147 Å². The van der Waals surface area contributed by atoms with Gasteiger partial charge >= 0.3 is 0 Å². The van der Waals surface area contributed by atoms with Crippen LogP contribution >= 0.6 is 12.2 Å². The first-order valence-corrected chi connectivity index (χ1v) is 8.11. The summed E-state index contributed by atoms with van der Waals surface area (Å²) in [5, 5.41) is 0.490. The van der Waals surface area contributed by atoms with Crippen LogP contribution in [-0.2, 0) is 4.79 Å². The lowest BCUT2D eigenvalue weighted by atomic mass is 10.2. The molecule has 1 amide bonds. The van der Waals surface area contributed by atoms with E-state index in [1.165, 1.54) is 0 Å². The van der Waals surface area contributed by atoms with Gasteiger partial charge in [0, 0.05) is 12.6 Å². The number of carbonyl (C=O) groups excluding carboxylic acids is 1. The monoisotopic (exact) mass is 338 g/mol. The molecule has 1 aliphatic heterocycles. The van der Waals surface area contributed by atoms with Crippen molar-refractivity contribution in [3.8, 4) is 11.5 Å². The average molecular weight is 338 g/mol. The fourth-order valence-electron chi connectivity index (χ4n) is 2.63. The van der Waals surface area contributed by atoms with Crippen LogP contribution < -0.4 is 9.64 Å². The zero-order valence-electron chi connectivity index (χ0n) is 13.4. The molecule has 5 heteroatoms. The average Bonchev–Trinajstić information content (AvgIpc) is 2.80. The zero-order chi connectivity index (χ0) is 17.1. The maximum Gasteiger partial charge on any atom is 0.255 e. The summed E-state index contributed by atoms with van der Waals surface area (Å²) in [5.41, 5.74) is 0.705. The number of benzene rings is 2. The number of nitrogens with zero attached hydrogens (tertiary/aromatic N) is 2. The summed E-state index contributed by atoms with van der Waals surface area (Å²) >= 11 is 5.48. The third-order valence-corrected chi connectivity index (χ3v) is 4.28. The Morgan fingerprint density at radius 1 is 1.17 bits per heavy atom. The first-order valence-electron chi connectivity index (χ1n) is 7.70. The summed E-state index contributed by atoms with van der Waals surface area (Å²) in [5.74, 6) is 1.36. The highest BCUT2D eigenvalue weighted by Crippen LogP contribution is 2.30. The number of thiocarbonyl (C=S) groups is 1. The number of hydrogen-bond acceptors (Lipinski definition) is 3. The largest absolute Gasteiger partial charge is 0.457 e. The van der Waals surface area contributed by atoms with Crippen LogP contribution in [0.2, 0.25) is 0 Å². The maximum atomic E-state index is 12.6. The summed E-state index contributed by atoms with van der Waals surface area (Å²) < 4.78 is 5.84. The van der Waals surface area contributed by atoms with Gasteiger partial charge in [-0.15, -0.1) is 6.58 Å². The highest BCUT2D eigenvalue weighted by Gasteiger charge is 2.39. The second-order valence-corrected chi connectivity index (χ2v) is 5.85. The number of rotatable bonds is 5. The molecule has 0 N–H and O–H groups in total. The van der Waals surface area contributed by atoms with E-state index in [1.807, 2.05) is 66.4 Å². The Bertz CT molecular complexity index is 776. The molecule has 1 atom stereocenters. The number of carbonyl (C=O) groups is 1. The Morgan fingerprint density at radius 2 is 1.88 bits per heavy atom. The summed E-state index contributed by atoms with van der Waals surface area (Å²) in [6, 6.07) is 16.6. The van der Waals surface area contributed by atoms with Crippen molar-refractivity contribution >= 4 is 28.9 Å². The molecule has 3 rings (SSSR count). The SMILES string of the molecule is C=CCN1C(=S)N(c2cccc(Oc3ccccc3)c2)C(=O)C1C. The van der Waals surface area contributed by atoms with Gasteiger partial charge in [0.2, 0.25) is 0 Å². The smallest absolute Gasteiger partial charge is 0.255 e. The molecule has 1 unspecified atom stereocenters. The topological polar surface area (TPSA) is 32.8 Å². The molecule has 1 heterocycles. The van der Waals surface area contributed by atoms with Crippen LogP contribution in [0.5, 0.6) is 11.5 Å². The van der Waals surface area contributed by atoms with Crippen molar-refractivity contribution in [2.45, 2.75) is 13.0 Å². The normalized spacial score (nSPS) is 17.3. The van der Waals surface area contributed by atoms with Gasteiger partial charge in [-0.2, -0.15) is 0 Å². The standard InChI is InChI=1S/C19H18N2O2S/c1-3-12-20-14(2)18(22)21(19(20)24)15-8-7-11-17(13-15)23-16-9-5-4-6-10-16/h3-11,13-14H,1,12H2,2H3. The fourth-order valence-corrected chi connectivity index (χ4v) is 3.06. The molecule has 4 nitrogen and oxygen atoms in total. The van der Waals surface area contributed by atoms with E-state index in [0.29, 0.717) is 23.1 Å². The highest BCUT2D eigenvalue weighted by molar-refractivity contribution is 7.80. The molecule has 1 saturated heterocycles. The van der Waals surface area contributed by atoms with Crippen molar-refractivity contribution < 1.29 is 9.53 Å². The molecule has 0 aliphatic carbocycles. The minimum atomic E-state index is -0.297. The molecule has 0 saturated carbocycles. The number of ether oxygens (including phenoxy) is 1. The van der Waals surface area contributed by atoms with Crippen molar-refractivity contribution in [1.29, 1.82) is 0 Å². The molecule has 2 aromatic carbocycles.